The summed E-state index contributed by atoms with van der Waals surface area (Å²) < 4.78 is 26.4. The summed E-state index contributed by atoms with van der Waals surface area (Å²) in [5, 5.41) is -0.488. The van der Waals surface area contributed by atoms with Crippen LogP contribution in [0.3, 0.4) is 0 Å². The average Bonchev–Trinajstić information content (AvgIpc) is 2.29. The molecule has 88 valence electrons. The first-order valence-corrected chi connectivity index (χ1v) is 5.73. The highest BCUT2D eigenvalue weighted by molar-refractivity contribution is 6.20. The smallest absolute Gasteiger partial charge is 0.127 e. The molecule has 0 saturated carbocycles. The first-order valence-electron chi connectivity index (χ1n) is 5.30. The van der Waals surface area contributed by atoms with Gasteiger partial charge in [0.25, 0.3) is 0 Å². The zero-order valence-corrected chi connectivity index (χ0v) is 9.79. The standard InChI is InChI=1S/C14H11ClF2/c15-13(12-6-1-2-7-14(12)17)9-10-4-3-5-11(16)8-10/h1-8,13H,9H2. The van der Waals surface area contributed by atoms with Gasteiger partial charge in [0.1, 0.15) is 11.6 Å². The van der Waals surface area contributed by atoms with E-state index >= 15 is 0 Å². The molecule has 1 unspecified atom stereocenters. The van der Waals surface area contributed by atoms with E-state index in [0.717, 1.165) is 5.56 Å². The Balaban J connectivity index is 2.17. The predicted molar refractivity (Wildman–Crippen MR) is 65.1 cm³/mol. The van der Waals surface area contributed by atoms with Gasteiger partial charge in [0.15, 0.2) is 0 Å². The zero-order valence-electron chi connectivity index (χ0n) is 9.04. The highest BCUT2D eigenvalue weighted by atomic mass is 35.5. The molecule has 0 amide bonds. The monoisotopic (exact) mass is 252 g/mol. The van der Waals surface area contributed by atoms with Gasteiger partial charge in [-0.15, -0.1) is 11.6 Å². The van der Waals surface area contributed by atoms with Gasteiger partial charge in [-0.2, -0.15) is 0 Å². The van der Waals surface area contributed by atoms with Gasteiger partial charge >= 0.3 is 0 Å². The van der Waals surface area contributed by atoms with E-state index in [2.05, 4.69) is 0 Å². The molecule has 0 saturated heterocycles. The van der Waals surface area contributed by atoms with E-state index in [0.29, 0.717) is 12.0 Å². The summed E-state index contributed by atoms with van der Waals surface area (Å²) in [4.78, 5) is 0. The summed E-state index contributed by atoms with van der Waals surface area (Å²) in [6, 6.07) is 12.5. The van der Waals surface area contributed by atoms with Crippen molar-refractivity contribution in [1.82, 2.24) is 0 Å². The van der Waals surface area contributed by atoms with Gasteiger partial charge in [0.05, 0.1) is 5.38 Å². The molecule has 0 aliphatic carbocycles. The minimum Gasteiger partial charge on any atom is -0.207 e. The van der Waals surface area contributed by atoms with Gasteiger partial charge < -0.3 is 0 Å². The van der Waals surface area contributed by atoms with Crippen molar-refractivity contribution in [3.05, 3.63) is 71.3 Å². The quantitative estimate of drug-likeness (QED) is 0.706. The number of alkyl halides is 1. The lowest BCUT2D eigenvalue weighted by molar-refractivity contribution is 0.604. The molecule has 3 heteroatoms. The third kappa shape index (κ3) is 3.04. The van der Waals surface area contributed by atoms with Gasteiger partial charge in [0, 0.05) is 5.56 Å². The van der Waals surface area contributed by atoms with E-state index in [1.165, 1.54) is 18.2 Å². The summed E-state index contributed by atoms with van der Waals surface area (Å²) in [6.45, 7) is 0. The first-order chi connectivity index (χ1) is 8.16. The van der Waals surface area contributed by atoms with Crippen LogP contribution in [0.4, 0.5) is 8.78 Å². The molecule has 0 aliphatic heterocycles. The first kappa shape index (κ1) is 12.1. The number of benzene rings is 2. The lowest BCUT2D eigenvalue weighted by Crippen LogP contribution is -1.99. The molecule has 2 aromatic rings. The Morgan fingerprint density at radius 2 is 1.76 bits per heavy atom. The second kappa shape index (κ2) is 5.28. The average molecular weight is 253 g/mol. The van der Waals surface area contributed by atoms with Crippen molar-refractivity contribution in [2.45, 2.75) is 11.8 Å². The largest absolute Gasteiger partial charge is 0.207 e. The third-order valence-electron chi connectivity index (χ3n) is 2.55. The van der Waals surface area contributed by atoms with Crippen LogP contribution in [0.5, 0.6) is 0 Å². The number of hydrogen-bond acceptors (Lipinski definition) is 0. The lowest BCUT2D eigenvalue weighted by Gasteiger charge is -2.10. The van der Waals surface area contributed by atoms with Crippen molar-refractivity contribution in [3.63, 3.8) is 0 Å². The molecular weight excluding hydrogens is 242 g/mol. The number of halogens is 3. The van der Waals surface area contributed by atoms with E-state index < -0.39 is 5.38 Å². The predicted octanol–water partition coefficient (Wildman–Crippen LogP) is 4.49. The van der Waals surface area contributed by atoms with Crippen molar-refractivity contribution < 1.29 is 8.78 Å². The van der Waals surface area contributed by atoms with Crippen LogP contribution in [0.1, 0.15) is 16.5 Å². The van der Waals surface area contributed by atoms with Crippen LogP contribution >= 0.6 is 11.6 Å². The van der Waals surface area contributed by atoms with E-state index in [-0.39, 0.29) is 11.6 Å². The molecular formula is C14H11ClF2. The fourth-order valence-corrected chi connectivity index (χ4v) is 2.07. The molecule has 17 heavy (non-hydrogen) atoms. The van der Waals surface area contributed by atoms with Crippen LogP contribution in [0.15, 0.2) is 48.5 Å². The summed E-state index contributed by atoms with van der Waals surface area (Å²) >= 11 is 6.14. The molecule has 0 aliphatic rings. The molecule has 2 aromatic carbocycles. The minimum absolute atomic E-state index is 0.306. The van der Waals surface area contributed by atoms with E-state index in [4.69, 9.17) is 11.6 Å². The third-order valence-corrected chi connectivity index (χ3v) is 2.94. The second-order valence-electron chi connectivity index (χ2n) is 3.82. The maximum absolute atomic E-state index is 13.5. The van der Waals surface area contributed by atoms with Crippen LogP contribution in [0, 0.1) is 11.6 Å². The number of rotatable bonds is 3. The maximum atomic E-state index is 13.5. The molecule has 0 bridgehead atoms. The van der Waals surface area contributed by atoms with Crippen molar-refractivity contribution in [1.29, 1.82) is 0 Å². The Hall–Kier alpha value is -1.41. The van der Waals surface area contributed by atoms with Crippen LogP contribution in [0.2, 0.25) is 0 Å². The van der Waals surface area contributed by atoms with Crippen molar-refractivity contribution in [2.75, 3.05) is 0 Å². The SMILES string of the molecule is Fc1cccc(CC(Cl)c2ccccc2F)c1. The van der Waals surface area contributed by atoms with Crippen LogP contribution in [-0.2, 0) is 6.42 Å². The fraction of sp³-hybridized carbons (Fsp3) is 0.143. The molecule has 1 atom stereocenters. The molecule has 0 heterocycles. The van der Waals surface area contributed by atoms with E-state index in [1.54, 1.807) is 30.3 Å². The lowest BCUT2D eigenvalue weighted by atomic mass is 10.0. The second-order valence-corrected chi connectivity index (χ2v) is 4.35. The van der Waals surface area contributed by atoms with Gasteiger partial charge in [-0.3, -0.25) is 0 Å². The fourth-order valence-electron chi connectivity index (χ4n) is 1.71. The molecule has 0 spiro atoms. The van der Waals surface area contributed by atoms with Gasteiger partial charge in [-0.25, -0.2) is 8.78 Å². The van der Waals surface area contributed by atoms with Crippen molar-refractivity contribution >= 4 is 11.6 Å². The Labute approximate surface area is 104 Å². The number of hydrogen-bond donors (Lipinski definition) is 0. The topological polar surface area (TPSA) is 0 Å². The molecule has 0 fully saturated rings. The molecule has 0 N–H and O–H groups in total. The van der Waals surface area contributed by atoms with Crippen molar-refractivity contribution in [3.8, 4) is 0 Å². The Kier molecular flexibility index (Phi) is 3.75. The van der Waals surface area contributed by atoms with Gasteiger partial charge in [-0.05, 0) is 30.2 Å². The molecule has 0 nitrogen and oxygen atoms in total. The maximum Gasteiger partial charge on any atom is 0.127 e. The van der Waals surface area contributed by atoms with Gasteiger partial charge in [0.2, 0.25) is 0 Å². The molecule has 0 aromatic heterocycles. The Morgan fingerprint density at radius 1 is 1.00 bits per heavy atom. The molecule has 2 rings (SSSR count). The summed E-state index contributed by atoms with van der Waals surface area (Å²) in [6.07, 6.45) is 0.403. The Bertz CT molecular complexity index is 511. The Morgan fingerprint density at radius 3 is 2.47 bits per heavy atom. The highest BCUT2D eigenvalue weighted by Gasteiger charge is 2.13. The van der Waals surface area contributed by atoms with Crippen LogP contribution in [0.25, 0.3) is 0 Å². The normalized spacial score (nSPS) is 12.4. The highest BCUT2D eigenvalue weighted by Crippen LogP contribution is 2.27. The summed E-state index contributed by atoms with van der Waals surface area (Å²) in [5.74, 6) is -0.635. The zero-order chi connectivity index (χ0) is 12.3. The van der Waals surface area contributed by atoms with Gasteiger partial charge in [-0.1, -0.05) is 30.3 Å². The van der Waals surface area contributed by atoms with E-state index in [9.17, 15) is 8.78 Å². The van der Waals surface area contributed by atoms with Crippen LogP contribution in [-0.4, -0.2) is 0 Å². The summed E-state index contributed by atoms with van der Waals surface area (Å²) in [7, 11) is 0. The molecule has 0 radical (unpaired) electrons. The van der Waals surface area contributed by atoms with Crippen molar-refractivity contribution in [2.24, 2.45) is 0 Å². The summed E-state index contributed by atoms with van der Waals surface area (Å²) in [5.41, 5.74) is 1.20. The van der Waals surface area contributed by atoms with E-state index in [1.807, 2.05) is 0 Å². The van der Waals surface area contributed by atoms with Crippen LogP contribution < -0.4 is 0 Å². The minimum atomic E-state index is -0.488.